The van der Waals surface area contributed by atoms with Crippen molar-refractivity contribution in [2.24, 2.45) is 0 Å². The van der Waals surface area contributed by atoms with Crippen LogP contribution in [0.1, 0.15) is 11.4 Å². The van der Waals surface area contributed by atoms with E-state index in [2.05, 4.69) is 41.8 Å². The van der Waals surface area contributed by atoms with Crippen LogP contribution in [0.15, 0.2) is 82.0 Å². The maximum Gasteiger partial charge on any atom is 0.334 e. The van der Waals surface area contributed by atoms with Crippen LogP contribution in [0.25, 0.3) is 22.8 Å². The molecule has 4 aromatic heterocycles. The summed E-state index contributed by atoms with van der Waals surface area (Å²) in [5.41, 5.74) is 3.90. The van der Waals surface area contributed by atoms with Gasteiger partial charge in [0.1, 0.15) is 9.21 Å². The lowest BCUT2D eigenvalue weighted by Gasteiger charge is -2.27. The highest BCUT2D eigenvalue weighted by Crippen LogP contribution is 2.22. The third kappa shape index (κ3) is 6.85. The molecule has 11 heteroatoms. The van der Waals surface area contributed by atoms with Gasteiger partial charge in [-0.3, -0.25) is 4.90 Å². The van der Waals surface area contributed by atoms with Gasteiger partial charge in [-0.15, -0.1) is 0 Å². The molecule has 4 heterocycles. The van der Waals surface area contributed by atoms with Gasteiger partial charge < -0.3 is 9.47 Å². The van der Waals surface area contributed by atoms with Gasteiger partial charge in [-0.1, -0.05) is 24.3 Å². The summed E-state index contributed by atoms with van der Waals surface area (Å²) in [5, 5.41) is 0. The van der Waals surface area contributed by atoms with Crippen molar-refractivity contribution in [1.29, 1.82) is 0 Å². The van der Waals surface area contributed by atoms with Crippen molar-refractivity contribution in [3.63, 3.8) is 0 Å². The average molecular weight is 641 g/mol. The Bertz CT molecular complexity index is 1350. The minimum atomic E-state index is -1.33. The lowest BCUT2D eigenvalue weighted by atomic mass is 10.1. The van der Waals surface area contributed by atoms with E-state index < -0.39 is 18.0 Å². The van der Waals surface area contributed by atoms with Crippen molar-refractivity contribution in [2.75, 3.05) is 14.2 Å². The first-order valence-electron chi connectivity index (χ1n) is 11.5. The van der Waals surface area contributed by atoms with Gasteiger partial charge in [0.25, 0.3) is 0 Å². The van der Waals surface area contributed by atoms with Gasteiger partial charge in [-0.25, -0.2) is 29.5 Å². The first kappa shape index (κ1) is 27.5. The summed E-state index contributed by atoms with van der Waals surface area (Å²) in [6, 6.07) is 20.8. The molecule has 9 nitrogen and oxygen atoms in total. The minimum absolute atomic E-state index is 0.137. The number of esters is 2. The Hall–Kier alpha value is -3.54. The second-order valence-electron chi connectivity index (χ2n) is 8.07. The SMILES string of the molecule is COC(=O)C(C(=O)OC)N(Cc1cccc(-c2cccc(Br)n2)n1)Cc1cccc(-c2cccc(Br)n2)n1. The van der Waals surface area contributed by atoms with E-state index in [1.165, 1.54) is 14.2 Å². The van der Waals surface area contributed by atoms with Gasteiger partial charge >= 0.3 is 11.9 Å². The molecule has 0 saturated heterocycles. The predicted octanol–water partition coefficient (Wildman–Crippen LogP) is 4.84. The van der Waals surface area contributed by atoms with E-state index in [0.29, 0.717) is 43.4 Å². The quantitative estimate of drug-likeness (QED) is 0.144. The molecule has 0 radical (unpaired) electrons. The Balaban J connectivity index is 1.69. The first-order chi connectivity index (χ1) is 18.4. The first-order valence-corrected chi connectivity index (χ1v) is 13.0. The second kappa shape index (κ2) is 12.8. The van der Waals surface area contributed by atoms with E-state index in [1.807, 2.05) is 72.8 Å². The van der Waals surface area contributed by atoms with Gasteiger partial charge in [-0.2, -0.15) is 0 Å². The number of carbonyl (C=O) groups is 2. The van der Waals surface area contributed by atoms with Crippen molar-refractivity contribution < 1.29 is 19.1 Å². The van der Waals surface area contributed by atoms with Gasteiger partial charge in [0, 0.05) is 13.1 Å². The van der Waals surface area contributed by atoms with Crippen LogP contribution < -0.4 is 0 Å². The third-order valence-corrected chi connectivity index (χ3v) is 6.40. The zero-order valence-electron chi connectivity index (χ0n) is 20.5. The third-order valence-electron chi connectivity index (χ3n) is 5.51. The Kier molecular flexibility index (Phi) is 9.27. The number of rotatable bonds is 9. The number of nitrogens with zero attached hydrogens (tertiary/aromatic N) is 5. The molecule has 0 N–H and O–H groups in total. The summed E-state index contributed by atoms with van der Waals surface area (Å²) in [6.07, 6.45) is 0. The lowest BCUT2D eigenvalue weighted by molar-refractivity contribution is -0.161. The normalized spacial score (nSPS) is 11.0. The summed E-state index contributed by atoms with van der Waals surface area (Å²) in [4.78, 5) is 45.5. The standard InChI is InChI=1S/C27H23Br2N5O4/c1-37-26(35)25(27(36)38-2)34(15-17-7-3-9-19(30-17)21-11-5-13-23(28)32-21)16-18-8-4-10-20(31-18)22-12-6-14-24(29)33-22/h3-14,25H,15-16H2,1-2H3. The highest BCUT2D eigenvalue weighted by molar-refractivity contribution is 9.10. The van der Waals surface area contributed by atoms with E-state index in [0.717, 1.165) is 0 Å². The zero-order valence-corrected chi connectivity index (χ0v) is 23.7. The molecule has 0 spiro atoms. The van der Waals surface area contributed by atoms with Crippen LogP contribution in [0.2, 0.25) is 0 Å². The van der Waals surface area contributed by atoms with Crippen LogP contribution in [0.3, 0.4) is 0 Å². The topological polar surface area (TPSA) is 107 Å². The number of pyridine rings is 4. The molecule has 194 valence electrons. The largest absolute Gasteiger partial charge is 0.467 e. The predicted molar refractivity (Wildman–Crippen MR) is 147 cm³/mol. The smallest absolute Gasteiger partial charge is 0.334 e. The molecule has 0 aliphatic rings. The van der Waals surface area contributed by atoms with Crippen molar-refractivity contribution >= 4 is 43.8 Å². The summed E-state index contributed by atoms with van der Waals surface area (Å²) in [6.45, 7) is 0.273. The van der Waals surface area contributed by atoms with Gasteiger partial charge in [0.15, 0.2) is 0 Å². The van der Waals surface area contributed by atoms with Crippen LogP contribution in [0.4, 0.5) is 0 Å². The Morgan fingerprint density at radius 3 is 1.39 bits per heavy atom. The molecular formula is C27H23Br2N5O4. The molecule has 4 rings (SSSR count). The summed E-state index contributed by atoms with van der Waals surface area (Å²) in [7, 11) is 2.46. The minimum Gasteiger partial charge on any atom is -0.467 e. The fourth-order valence-electron chi connectivity index (χ4n) is 3.79. The van der Waals surface area contributed by atoms with E-state index in [4.69, 9.17) is 19.4 Å². The average Bonchev–Trinajstić information content (AvgIpc) is 2.93. The van der Waals surface area contributed by atoms with Crippen LogP contribution >= 0.6 is 31.9 Å². The number of carbonyl (C=O) groups excluding carboxylic acids is 2. The summed E-state index contributed by atoms with van der Waals surface area (Å²) >= 11 is 6.77. The molecule has 0 atom stereocenters. The molecule has 0 amide bonds. The number of hydrogen-bond donors (Lipinski definition) is 0. The van der Waals surface area contributed by atoms with E-state index in [9.17, 15) is 9.59 Å². The van der Waals surface area contributed by atoms with E-state index >= 15 is 0 Å². The number of methoxy groups -OCH3 is 2. The fourth-order valence-corrected chi connectivity index (χ4v) is 4.48. The molecule has 4 aromatic rings. The molecular weight excluding hydrogens is 618 g/mol. The monoisotopic (exact) mass is 639 g/mol. The Morgan fingerprint density at radius 2 is 1.03 bits per heavy atom. The van der Waals surface area contributed by atoms with Crippen LogP contribution in [-0.4, -0.2) is 57.0 Å². The van der Waals surface area contributed by atoms with Crippen molar-refractivity contribution in [3.8, 4) is 22.8 Å². The maximum atomic E-state index is 12.8. The highest BCUT2D eigenvalue weighted by atomic mass is 79.9. The molecule has 0 bridgehead atoms. The van der Waals surface area contributed by atoms with Crippen molar-refractivity contribution in [3.05, 3.63) is 93.4 Å². The second-order valence-corrected chi connectivity index (χ2v) is 9.70. The Labute approximate surface area is 236 Å². The van der Waals surface area contributed by atoms with Crippen LogP contribution in [0, 0.1) is 0 Å². The molecule has 0 aromatic carbocycles. The molecule has 0 unspecified atom stereocenters. The van der Waals surface area contributed by atoms with E-state index in [1.54, 1.807) is 4.90 Å². The zero-order chi connectivity index (χ0) is 27.1. The maximum absolute atomic E-state index is 12.8. The van der Waals surface area contributed by atoms with Crippen molar-refractivity contribution in [2.45, 2.75) is 19.1 Å². The van der Waals surface area contributed by atoms with Crippen LogP contribution in [0.5, 0.6) is 0 Å². The summed E-state index contributed by atoms with van der Waals surface area (Å²) in [5.74, 6) is -1.49. The van der Waals surface area contributed by atoms with Crippen molar-refractivity contribution in [1.82, 2.24) is 24.8 Å². The number of ether oxygens (including phenoxy) is 2. The van der Waals surface area contributed by atoms with Gasteiger partial charge in [-0.05, 0) is 80.4 Å². The highest BCUT2D eigenvalue weighted by Gasteiger charge is 2.35. The van der Waals surface area contributed by atoms with E-state index in [-0.39, 0.29) is 13.1 Å². The molecule has 0 saturated carbocycles. The van der Waals surface area contributed by atoms with Gasteiger partial charge in [0.2, 0.25) is 6.04 Å². The number of hydrogen-bond acceptors (Lipinski definition) is 9. The van der Waals surface area contributed by atoms with Gasteiger partial charge in [0.05, 0.1) is 48.4 Å². The lowest BCUT2D eigenvalue weighted by Crippen LogP contribution is -2.47. The Morgan fingerprint density at radius 1 is 0.658 bits per heavy atom. The summed E-state index contributed by atoms with van der Waals surface area (Å²) < 4.78 is 11.3. The molecule has 38 heavy (non-hydrogen) atoms. The number of aromatic nitrogens is 4. The van der Waals surface area contributed by atoms with Crippen LogP contribution in [-0.2, 0) is 32.2 Å². The molecule has 0 aliphatic heterocycles. The molecule has 0 fully saturated rings. The number of halogens is 2. The molecule has 0 aliphatic carbocycles. The fraction of sp³-hybridized carbons (Fsp3) is 0.185.